The van der Waals surface area contributed by atoms with Crippen LogP contribution in [-0.2, 0) is 0 Å². The molecule has 122 valence electrons. The Hall–Kier alpha value is -3.47. The summed E-state index contributed by atoms with van der Waals surface area (Å²) in [5.74, 6) is 2.13. The number of para-hydroxylation sites is 1. The van der Waals surface area contributed by atoms with E-state index < -0.39 is 0 Å². The second kappa shape index (κ2) is 6.57. The van der Waals surface area contributed by atoms with Gasteiger partial charge in [-0.15, -0.1) is 0 Å². The van der Waals surface area contributed by atoms with Crippen molar-refractivity contribution in [2.45, 2.75) is 6.92 Å². The predicted octanol–water partition coefficient (Wildman–Crippen LogP) is 4.87. The molecule has 2 heterocycles. The SMILES string of the molecule is Cc1cc(Nc2ncnc3ccccc23)ccc1Oc1ccccn1. The fourth-order valence-corrected chi connectivity index (χ4v) is 2.60. The van der Waals surface area contributed by atoms with Crippen molar-refractivity contribution in [3.63, 3.8) is 0 Å². The molecule has 0 aliphatic carbocycles. The van der Waals surface area contributed by atoms with E-state index in [0.29, 0.717) is 5.88 Å². The molecule has 5 heteroatoms. The summed E-state index contributed by atoms with van der Waals surface area (Å²) in [7, 11) is 0. The van der Waals surface area contributed by atoms with Gasteiger partial charge >= 0.3 is 0 Å². The molecule has 0 radical (unpaired) electrons. The van der Waals surface area contributed by atoms with Crippen molar-refractivity contribution in [3.8, 4) is 11.6 Å². The highest BCUT2D eigenvalue weighted by Crippen LogP contribution is 2.28. The van der Waals surface area contributed by atoms with E-state index in [2.05, 4.69) is 20.3 Å². The van der Waals surface area contributed by atoms with Gasteiger partial charge in [0.2, 0.25) is 5.88 Å². The van der Waals surface area contributed by atoms with E-state index in [1.807, 2.05) is 67.6 Å². The molecule has 5 nitrogen and oxygen atoms in total. The van der Waals surface area contributed by atoms with Crippen LogP contribution in [0.4, 0.5) is 11.5 Å². The summed E-state index contributed by atoms with van der Waals surface area (Å²) in [5.41, 5.74) is 2.86. The molecule has 0 spiro atoms. The van der Waals surface area contributed by atoms with Crippen LogP contribution in [0.1, 0.15) is 5.56 Å². The molecule has 0 bridgehead atoms. The van der Waals surface area contributed by atoms with Crippen LogP contribution < -0.4 is 10.1 Å². The van der Waals surface area contributed by atoms with Crippen molar-refractivity contribution in [3.05, 3.63) is 78.8 Å². The van der Waals surface area contributed by atoms with E-state index >= 15 is 0 Å². The number of anilines is 2. The lowest BCUT2D eigenvalue weighted by Crippen LogP contribution is -1.97. The standard InChI is InChI=1S/C20H16N4O/c1-14-12-15(9-10-18(14)25-19-8-4-5-11-21-19)24-20-16-6-2-3-7-17(16)22-13-23-20/h2-13H,1H3,(H,22,23,24). The fourth-order valence-electron chi connectivity index (χ4n) is 2.60. The topological polar surface area (TPSA) is 59.9 Å². The number of aromatic nitrogens is 3. The summed E-state index contributed by atoms with van der Waals surface area (Å²) in [6.45, 7) is 2.00. The minimum atomic E-state index is 0.577. The zero-order valence-electron chi connectivity index (χ0n) is 13.7. The smallest absolute Gasteiger partial charge is 0.219 e. The van der Waals surface area contributed by atoms with E-state index in [-0.39, 0.29) is 0 Å². The Morgan fingerprint density at radius 1 is 0.880 bits per heavy atom. The van der Waals surface area contributed by atoms with Crippen molar-refractivity contribution < 1.29 is 4.74 Å². The Balaban J connectivity index is 1.60. The van der Waals surface area contributed by atoms with Crippen LogP contribution >= 0.6 is 0 Å². The molecule has 0 unspecified atom stereocenters. The van der Waals surface area contributed by atoms with Gasteiger partial charge in [-0.25, -0.2) is 15.0 Å². The first-order chi connectivity index (χ1) is 12.3. The number of hydrogen-bond donors (Lipinski definition) is 1. The van der Waals surface area contributed by atoms with E-state index in [1.54, 1.807) is 12.5 Å². The minimum absolute atomic E-state index is 0.577. The van der Waals surface area contributed by atoms with Gasteiger partial charge in [0, 0.05) is 23.3 Å². The van der Waals surface area contributed by atoms with Gasteiger partial charge in [-0.05, 0) is 48.9 Å². The maximum Gasteiger partial charge on any atom is 0.219 e. The summed E-state index contributed by atoms with van der Waals surface area (Å²) in [6.07, 6.45) is 3.27. The third-order valence-corrected chi connectivity index (χ3v) is 3.83. The third-order valence-electron chi connectivity index (χ3n) is 3.83. The molecule has 4 rings (SSSR count). The average molecular weight is 328 g/mol. The van der Waals surface area contributed by atoms with Gasteiger partial charge in [-0.3, -0.25) is 0 Å². The molecule has 1 N–H and O–H groups in total. The van der Waals surface area contributed by atoms with E-state index in [0.717, 1.165) is 33.7 Å². The van der Waals surface area contributed by atoms with Gasteiger partial charge in [-0.1, -0.05) is 18.2 Å². The molecule has 0 aliphatic rings. The van der Waals surface area contributed by atoms with Crippen molar-refractivity contribution in [2.24, 2.45) is 0 Å². The second-order valence-electron chi connectivity index (χ2n) is 5.61. The Labute approximate surface area is 145 Å². The highest BCUT2D eigenvalue weighted by Gasteiger charge is 2.06. The van der Waals surface area contributed by atoms with Gasteiger partial charge in [-0.2, -0.15) is 0 Å². The average Bonchev–Trinajstić information content (AvgIpc) is 2.65. The quantitative estimate of drug-likeness (QED) is 0.579. The summed E-state index contributed by atoms with van der Waals surface area (Å²) < 4.78 is 5.82. The van der Waals surface area contributed by atoms with Crippen molar-refractivity contribution >= 4 is 22.4 Å². The molecule has 25 heavy (non-hydrogen) atoms. The van der Waals surface area contributed by atoms with E-state index in [4.69, 9.17) is 4.74 Å². The number of rotatable bonds is 4. The van der Waals surface area contributed by atoms with E-state index in [1.165, 1.54) is 0 Å². The van der Waals surface area contributed by atoms with Crippen molar-refractivity contribution in [2.75, 3.05) is 5.32 Å². The number of nitrogens with one attached hydrogen (secondary N) is 1. The Morgan fingerprint density at radius 2 is 1.76 bits per heavy atom. The molecular formula is C20H16N4O. The number of benzene rings is 2. The molecule has 0 aliphatic heterocycles. The summed E-state index contributed by atoms with van der Waals surface area (Å²) in [4.78, 5) is 12.8. The molecule has 0 saturated heterocycles. The number of hydrogen-bond acceptors (Lipinski definition) is 5. The molecule has 2 aromatic carbocycles. The fraction of sp³-hybridized carbons (Fsp3) is 0.0500. The highest BCUT2D eigenvalue weighted by molar-refractivity contribution is 5.90. The lowest BCUT2D eigenvalue weighted by atomic mass is 10.2. The lowest BCUT2D eigenvalue weighted by molar-refractivity contribution is 0.459. The van der Waals surface area contributed by atoms with Crippen LogP contribution in [0.5, 0.6) is 11.6 Å². The maximum absolute atomic E-state index is 5.82. The zero-order valence-corrected chi connectivity index (χ0v) is 13.7. The van der Waals surface area contributed by atoms with Gasteiger partial charge in [0.15, 0.2) is 0 Å². The van der Waals surface area contributed by atoms with Gasteiger partial charge < -0.3 is 10.1 Å². The Kier molecular flexibility index (Phi) is 3.96. The molecule has 2 aromatic heterocycles. The van der Waals surface area contributed by atoms with Gasteiger partial charge in [0.25, 0.3) is 0 Å². The number of pyridine rings is 1. The number of ether oxygens (including phenoxy) is 1. The van der Waals surface area contributed by atoms with Gasteiger partial charge in [0.05, 0.1) is 5.52 Å². The first kappa shape index (κ1) is 15.1. The second-order valence-corrected chi connectivity index (χ2v) is 5.61. The summed E-state index contributed by atoms with van der Waals surface area (Å²) in [5, 5.41) is 4.34. The largest absolute Gasteiger partial charge is 0.439 e. The van der Waals surface area contributed by atoms with Crippen LogP contribution in [0.15, 0.2) is 73.2 Å². The molecule has 4 aromatic rings. The summed E-state index contributed by atoms with van der Waals surface area (Å²) in [6, 6.07) is 19.4. The Morgan fingerprint density at radius 3 is 2.60 bits per heavy atom. The highest BCUT2D eigenvalue weighted by atomic mass is 16.5. The first-order valence-corrected chi connectivity index (χ1v) is 7.96. The third kappa shape index (κ3) is 3.26. The van der Waals surface area contributed by atoms with Crippen LogP contribution in [0.25, 0.3) is 10.9 Å². The van der Waals surface area contributed by atoms with Crippen LogP contribution in [0.2, 0.25) is 0 Å². The zero-order chi connectivity index (χ0) is 17.1. The normalized spacial score (nSPS) is 10.6. The van der Waals surface area contributed by atoms with E-state index in [9.17, 15) is 0 Å². The van der Waals surface area contributed by atoms with Crippen LogP contribution in [0.3, 0.4) is 0 Å². The number of fused-ring (bicyclic) bond motifs is 1. The first-order valence-electron chi connectivity index (χ1n) is 7.96. The van der Waals surface area contributed by atoms with Crippen molar-refractivity contribution in [1.82, 2.24) is 15.0 Å². The molecule has 0 atom stereocenters. The maximum atomic E-state index is 5.82. The molecule has 0 saturated carbocycles. The molecular weight excluding hydrogens is 312 g/mol. The number of aryl methyl sites for hydroxylation is 1. The van der Waals surface area contributed by atoms with Gasteiger partial charge in [0.1, 0.15) is 17.9 Å². The van der Waals surface area contributed by atoms with Crippen molar-refractivity contribution in [1.29, 1.82) is 0 Å². The number of nitrogens with zero attached hydrogens (tertiary/aromatic N) is 3. The van der Waals surface area contributed by atoms with Crippen LogP contribution in [-0.4, -0.2) is 15.0 Å². The molecule has 0 amide bonds. The molecule has 0 fully saturated rings. The minimum Gasteiger partial charge on any atom is -0.439 e. The summed E-state index contributed by atoms with van der Waals surface area (Å²) >= 11 is 0. The predicted molar refractivity (Wildman–Crippen MR) is 98.3 cm³/mol. The Bertz CT molecular complexity index is 1010. The monoisotopic (exact) mass is 328 g/mol. The lowest BCUT2D eigenvalue weighted by Gasteiger charge is -2.12. The van der Waals surface area contributed by atoms with Crippen LogP contribution in [0, 0.1) is 6.92 Å².